The zero-order valence-corrected chi connectivity index (χ0v) is 16.8. The molecule has 3 aliphatic rings. The van der Waals surface area contributed by atoms with E-state index in [0.29, 0.717) is 12.2 Å². The van der Waals surface area contributed by atoms with Crippen molar-refractivity contribution in [3.05, 3.63) is 70.8 Å². The molecule has 1 saturated heterocycles. The molecule has 30 heavy (non-hydrogen) atoms. The molecule has 0 aromatic heterocycles. The Morgan fingerprint density at radius 1 is 1.00 bits per heavy atom. The van der Waals surface area contributed by atoms with E-state index < -0.39 is 17.7 Å². The topological polar surface area (TPSA) is 66.8 Å². The van der Waals surface area contributed by atoms with Crippen molar-refractivity contribution in [2.75, 3.05) is 6.61 Å². The third-order valence-corrected chi connectivity index (χ3v) is 6.50. The van der Waals surface area contributed by atoms with Crippen LogP contribution in [-0.4, -0.2) is 34.3 Å². The van der Waals surface area contributed by atoms with E-state index in [1.807, 2.05) is 42.5 Å². The smallest absolute Gasteiger partial charge is 0.295 e. The molecule has 1 amide bonds. The number of aliphatic hydroxyl groups excluding tert-OH is 1. The Morgan fingerprint density at radius 2 is 1.77 bits per heavy atom. The SMILES string of the molecule is O=C1C(=O)N(C2CCCC2)C(c2ccccc2)/C1=C(/O)c1ccc2c(c1)CCCO2. The molecule has 5 rings (SSSR count). The van der Waals surface area contributed by atoms with Crippen molar-refractivity contribution in [3.8, 4) is 5.75 Å². The predicted octanol–water partition coefficient (Wildman–Crippen LogP) is 4.38. The molecule has 0 spiro atoms. The first kappa shape index (κ1) is 18.9. The standard InChI is InChI=1S/C25H25NO4/c27-23(18-12-13-20-17(15-18)9-6-14-30-20)21-22(16-7-2-1-3-8-16)26(25(29)24(21)28)19-10-4-5-11-19/h1-3,7-8,12-13,15,19,22,27H,4-6,9-11,14H2/b23-21-. The normalized spacial score (nSPS) is 23.5. The summed E-state index contributed by atoms with van der Waals surface area (Å²) in [5, 5.41) is 11.2. The Morgan fingerprint density at radius 3 is 2.53 bits per heavy atom. The molecule has 2 aromatic rings. The van der Waals surface area contributed by atoms with E-state index in [9.17, 15) is 14.7 Å². The van der Waals surface area contributed by atoms with Gasteiger partial charge in [0, 0.05) is 11.6 Å². The first-order valence-electron chi connectivity index (χ1n) is 10.8. The molecule has 0 bridgehead atoms. The van der Waals surface area contributed by atoms with Crippen molar-refractivity contribution in [1.29, 1.82) is 0 Å². The largest absolute Gasteiger partial charge is 0.507 e. The fraction of sp³-hybridized carbons (Fsp3) is 0.360. The number of likely N-dealkylation sites (tertiary alicyclic amines) is 1. The lowest BCUT2D eigenvalue weighted by Gasteiger charge is -2.30. The van der Waals surface area contributed by atoms with Crippen LogP contribution in [0.4, 0.5) is 0 Å². The number of Topliss-reactive ketones (excluding diaryl/α,β-unsaturated/α-hetero) is 1. The van der Waals surface area contributed by atoms with Gasteiger partial charge in [-0.25, -0.2) is 0 Å². The fourth-order valence-electron chi connectivity index (χ4n) is 5.03. The number of benzene rings is 2. The average molecular weight is 403 g/mol. The molecular weight excluding hydrogens is 378 g/mol. The second-order valence-electron chi connectivity index (χ2n) is 8.33. The maximum Gasteiger partial charge on any atom is 0.295 e. The number of aliphatic hydroxyl groups is 1. The van der Waals surface area contributed by atoms with Gasteiger partial charge in [0.1, 0.15) is 11.5 Å². The summed E-state index contributed by atoms with van der Waals surface area (Å²) in [5.41, 5.74) is 2.62. The number of carbonyl (C=O) groups excluding carboxylic acids is 2. The molecule has 2 heterocycles. The van der Waals surface area contributed by atoms with Gasteiger partial charge in [-0.3, -0.25) is 9.59 Å². The minimum Gasteiger partial charge on any atom is -0.507 e. The Labute approximate surface area is 176 Å². The van der Waals surface area contributed by atoms with Gasteiger partial charge in [-0.05, 0) is 55.0 Å². The first-order chi connectivity index (χ1) is 14.6. The van der Waals surface area contributed by atoms with E-state index in [1.54, 1.807) is 11.0 Å². The third-order valence-electron chi connectivity index (χ3n) is 6.50. The molecule has 1 atom stereocenters. The van der Waals surface area contributed by atoms with Crippen LogP contribution in [0.5, 0.6) is 5.75 Å². The van der Waals surface area contributed by atoms with Gasteiger partial charge >= 0.3 is 0 Å². The zero-order valence-electron chi connectivity index (χ0n) is 16.8. The molecule has 1 saturated carbocycles. The van der Waals surface area contributed by atoms with E-state index in [0.717, 1.165) is 55.4 Å². The van der Waals surface area contributed by atoms with Crippen LogP contribution in [0.1, 0.15) is 54.8 Å². The number of amides is 1. The van der Waals surface area contributed by atoms with Crippen molar-refractivity contribution >= 4 is 17.4 Å². The molecule has 1 aliphatic carbocycles. The number of nitrogens with zero attached hydrogens (tertiary/aromatic N) is 1. The number of fused-ring (bicyclic) bond motifs is 1. The van der Waals surface area contributed by atoms with Crippen molar-refractivity contribution in [3.63, 3.8) is 0 Å². The molecule has 1 unspecified atom stereocenters. The molecule has 2 aromatic carbocycles. The summed E-state index contributed by atoms with van der Waals surface area (Å²) in [6.45, 7) is 0.693. The highest BCUT2D eigenvalue weighted by molar-refractivity contribution is 6.46. The van der Waals surface area contributed by atoms with E-state index >= 15 is 0 Å². The lowest BCUT2D eigenvalue weighted by molar-refractivity contribution is -0.141. The third kappa shape index (κ3) is 3.09. The number of aryl methyl sites for hydroxylation is 1. The predicted molar refractivity (Wildman–Crippen MR) is 113 cm³/mol. The maximum absolute atomic E-state index is 13.1. The van der Waals surface area contributed by atoms with Crippen LogP contribution in [0.25, 0.3) is 5.76 Å². The molecular formula is C25H25NO4. The van der Waals surface area contributed by atoms with Gasteiger partial charge in [0.15, 0.2) is 0 Å². The summed E-state index contributed by atoms with van der Waals surface area (Å²) in [4.78, 5) is 27.9. The van der Waals surface area contributed by atoms with Crippen LogP contribution >= 0.6 is 0 Å². The molecule has 5 nitrogen and oxygen atoms in total. The second-order valence-corrected chi connectivity index (χ2v) is 8.33. The lowest BCUT2D eigenvalue weighted by atomic mass is 9.93. The minimum absolute atomic E-state index is 0.0360. The van der Waals surface area contributed by atoms with Crippen molar-refractivity contribution < 1.29 is 19.4 Å². The molecule has 154 valence electrons. The van der Waals surface area contributed by atoms with E-state index in [2.05, 4.69) is 0 Å². The average Bonchev–Trinajstić information content (AvgIpc) is 3.40. The lowest BCUT2D eigenvalue weighted by Crippen LogP contribution is -2.37. The quantitative estimate of drug-likeness (QED) is 0.469. The van der Waals surface area contributed by atoms with Crippen LogP contribution in [0, 0.1) is 0 Å². The summed E-state index contributed by atoms with van der Waals surface area (Å²) in [5.74, 6) is -0.374. The second kappa shape index (κ2) is 7.63. The van der Waals surface area contributed by atoms with Gasteiger partial charge in [-0.2, -0.15) is 0 Å². The highest BCUT2D eigenvalue weighted by Crippen LogP contribution is 2.43. The fourth-order valence-corrected chi connectivity index (χ4v) is 5.03. The summed E-state index contributed by atoms with van der Waals surface area (Å²) in [6, 6.07) is 14.5. The van der Waals surface area contributed by atoms with Crippen LogP contribution in [-0.2, 0) is 16.0 Å². The summed E-state index contributed by atoms with van der Waals surface area (Å²) in [6.07, 6.45) is 5.70. The van der Waals surface area contributed by atoms with Crippen LogP contribution in [0.2, 0.25) is 0 Å². The molecule has 0 radical (unpaired) electrons. The minimum atomic E-state index is -0.595. The summed E-state index contributed by atoms with van der Waals surface area (Å²) >= 11 is 0. The van der Waals surface area contributed by atoms with Crippen LogP contribution < -0.4 is 4.74 Å². The number of hydrogen-bond acceptors (Lipinski definition) is 4. The number of ketones is 1. The summed E-state index contributed by atoms with van der Waals surface area (Å²) in [7, 11) is 0. The van der Waals surface area contributed by atoms with Gasteiger partial charge in [-0.15, -0.1) is 0 Å². The monoisotopic (exact) mass is 403 g/mol. The van der Waals surface area contributed by atoms with E-state index in [1.165, 1.54) is 0 Å². The van der Waals surface area contributed by atoms with Crippen LogP contribution in [0.3, 0.4) is 0 Å². The van der Waals surface area contributed by atoms with Gasteiger partial charge in [-0.1, -0.05) is 43.2 Å². The summed E-state index contributed by atoms with van der Waals surface area (Å²) < 4.78 is 5.67. The number of hydrogen-bond donors (Lipinski definition) is 1. The highest BCUT2D eigenvalue weighted by Gasteiger charge is 2.49. The van der Waals surface area contributed by atoms with Crippen LogP contribution in [0.15, 0.2) is 54.1 Å². The molecule has 2 aliphatic heterocycles. The Balaban J connectivity index is 1.64. The van der Waals surface area contributed by atoms with Crippen molar-refractivity contribution in [2.45, 2.75) is 50.6 Å². The van der Waals surface area contributed by atoms with E-state index in [4.69, 9.17) is 4.74 Å². The number of carbonyl (C=O) groups is 2. The Kier molecular flexibility index (Phi) is 4.81. The number of ether oxygens (including phenoxy) is 1. The Hall–Kier alpha value is -3.08. The molecule has 5 heteroatoms. The van der Waals surface area contributed by atoms with Gasteiger partial charge in [0.2, 0.25) is 0 Å². The molecule has 2 fully saturated rings. The first-order valence-corrected chi connectivity index (χ1v) is 10.8. The van der Waals surface area contributed by atoms with Gasteiger partial charge in [0.25, 0.3) is 11.7 Å². The number of rotatable bonds is 3. The van der Waals surface area contributed by atoms with Crippen molar-refractivity contribution in [1.82, 2.24) is 4.90 Å². The van der Waals surface area contributed by atoms with Gasteiger partial charge in [0.05, 0.1) is 18.2 Å². The van der Waals surface area contributed by atoms with E-state index in [-0.39, 0.29) is 17.4 Å². The maximum atomic E-state index is 13.1. The van der Waals surface area contributed by atoms with Gasteiger partial charge < -0.3 is 14.7 Å². The Bertz CT molecular complexity index is 1020. The highest BCUT2D eigenvalue weighted by atomic mass is 16.5. The van der Waals surface area contributed by atoms with Crippen molar-refractivity contribution in [2.24, 2.45) is 0 Å². The zero-order chi connectivity index (χ0) is 20.7. The molecule has 1 N–H and O–H groups in total.